The molecule has 0 aliphatic rings. The molecule has 0 aliphatic carbocycles. The molecule has 3 rings (SSSR count). The van der Waals surface area contributed by atoms with Crippen LogP contribution in [0.5, 0.6) is 5.75 Å². The fraction of sp³-hybridized carbons (Fsp3) is 0.0952. The van der Waals surface area contributed by atoms with Crippen molar-refractivity contribution in [2.45, 2.75) is 13.5 Å². The van der Waals surface area contributed by atoms with Gasteiger partial charge in [0, 0.05) is 18.0 Å². The van der Waals surface area contributed by atoms with Crippen LogP contribution in [-0.2, 0) is 6.61 Å². The molecule has 0 fully saturated rings. The smallest absolute Gasteiger partial charge is 0.271 e. The number of aromatic nitrogens is 1. The van der Waals surface area contributed by atoms with Gasteiger partial charge in [0.2, 0.25) is 0 Å². The number of hydrazone groups is 1. The first-order valence-corrected chi connectivity index (χ1v) is 10.0. The van der Waals surface area contributed by atoms with Gasteiger partial charge in [-0.3, -0.25) is 9.78 Å². The summed E-state index contributed by atoms with van der Waals surface area (Å²) in [6, 6.07) is 14.8. The highest BCUT2D eigenvalue weighted by Gasteiger charge is 2.09. The van der Waals surface area contributed by atoms with Gasteiger partial charge in [-0.1, -0.05) is 12.1 Å². The van der Waals surface area contributed by atoms with Gasteiger partial charge in [-0.2, -0.15) is 5.10 Å². The number of benzene rings is 2. The van der Waals surface area contributed by atoms with Crippen LogP contribution in [0.25, 0.3) is 0 Å². The van der Waals surface area contributed by atoms with Crippen LogP contribution in [0.15, 0.2) is 75.0 Å². The molecule has 0 spiro atoms. The molecule has 0 saturated heterocycles. The fourth-order valence-electron chi connectivity index (χ4n) is 2.41. The predicted molar refractivity (Wildman–Crippen MR) is 117 cm³/mol. The van der Waals surface area contributed by atoms with Gasteiger partial charge in [0.1, 0.15) is 12.4 Å². The second kappa shape index (κ2) is 9.61. The molecule has 0 unspecified atom stereocenters. The zero-order valence-corrected chi connectivity index (χ0v) is 18.2. The summed E-state index contributed by atoms with van der Waals surface area (Å²) in [5.41, 5.74) is 5.98. The summed E-state index contributed by atoms with van der Waals surface area (Å²) < 4.78 is 7.68. The van der Waals surface area contributed by atoms with Crippen molar-refractivity contribution in [1.29, 1.82) is 0 Å². The van der Waals surface area contributed by atoms with Gasteiger partial charge in [-0.25, -0.2) is 5.43 Å². The lowest BCUT2D eigenvalue weighted by molar-refractivity contribution is 0.0955. The molecule has 7 heteroatoms. The third-order valence-corrected chi connectivity index (χ3v) is 5.01. The van der Waals surface area contributed by atoms with Gasteiger partial charge >= 0.3 is 0 Å². The highest BCUT2D eigenvalue weighted by molar-refractivity contribution is 9.11. The normalized spacial score (nSPS) is 10.8. The first kappa shape index (κ1) is 20.2. The SMILES string of the molecule is Cc1cc(Br)c(OCc2ccc(C(=O)NN=Cc3ccncc3)cc2)c(Br)c1. The Morgan fingerprint density at radius 2 is 1.75 bits per heavy atom. The molecule has 5 nitrogen and oxygen atoms in total. The number of hydrogen-bond donors (Lipinski definition) is 1. The second-order valence-electron chi connectivity index (χ2n) is 6.02. The van der Waals surface area contributed by atoms with Crippen LogP contribution >= 0.6 is 31.9 Å². The van der Waals surface area contributed by atoms with Crippen molar-refractivity contribution in [3.05, 3.63) is 92.1 Å². The van der Waals surface area contributed by atoms with E-state index in [-0.39, 0.29) is 5.91 Å². The van der Waals surface area contributed by atoms with Crippen LogP contribution in [0.3, 0.4) is 0 Å². The maximum absolute atomic E-state index is 12.2. The van der Waals surface area contributed by atoms with E-state index in [9.17, 15) is 4.79 Å². The van der Waals surface area contributed by atoms with Crippen molar-refractivity contribution < 1.29 is 9.53 Å². The van der Waals surface area contributed by atoms with E-state index in [0.717, 1.165) is 31.4 Å². The summed E-state index contributed by atoms with van der Waals surface area (Å²) in [6.45, 7) is 2.41. The van der Waals surface area contributed by atoms with Crippen molar-refractivity contribution in [2.24, 2.45) is 5.10 Å². The van der Waals surface area contributed by atoms with Crippen LogP contribution in [0.4, 0.5) is 0 Å². The average Bonchev–Trinajstić information content (AvgIpc) is 2.68. The van der Waals surface area contributed by atoms with Crippen LogP contribution in [0.1, 0.15) is 27.0 Å². The summed E-state index contributed by atoms with van der Waals surface area (Å²) in [5.74, 6) is 0.472. The predicted octanol–water partition coefficient (Wildman–Crippen LogP) is 5.26. The van der Waals surface area contributed by atoms with Gasteiger partial charge in [0.15, 0.2) is 0 Å². The standard InChI is InChI=1S/C21H17Br2N3O2/c1-14-10-18(22)20(19(23)11-14)28-13-16-2-4-17(5-3-16)21(27)26-25-12-15-6-8-24-9-7-15/h2-12H,13H2,1H3,(H,26,27). The van der Waals surface area contributed by atoms with E-state index in [1.165, 1.54) is 0 Å². The molecule has 28 heavy (non-hydrogen) atoms. The minimum Gasteiger partial charge on any atom is -0.487 e. The monoisotopic (exact) mass is 501 g/mol. The maximum Gasteiger partial charge on any atom is 0.271 e. The first-order chi connectivity index (χ1) is 13.5. The number of pyridine rings is 1. The number of halogens is 2. The van der Waals surface area contributed by atoms with E-state index in [4.69, 9.17) is 4.74 Å². The molecule has 1 heterocycles. The summed E-state index contributed by atoms with van der Waals surface area (Å²) in [6.07, 6.45) is 4.90. The molecule has 142 valence electrons. The fourth-order valence-corrected chi connectivity index (χ4v) is 4.06. The maximum atomic E-state index is 12.2. The largest absolute Gasteiger partial charge is 0.487 e. The number of amides is 1. The number of hydrogen-bond acceptors (Lipinski definition) is 4. The van der Waals surface area contributed by atoms with Crippen molar-refractivity contribution >= 4 is 44.0 Å². The van der Waals surface area contributed by atoms with Crippen molar-refractivity contribution in [3.8, 4) is 5.75 Å². The number of rotatable bonds is 6. The molecule has 0 saturated carbocycles. The zero-order valence-electron chi connectivity index (χ0n) is 15.0. The van der Waals surface area contributed by atoms with E-state index in [1.807, 2.05) is 31.2 Å². The molecule has 1 aromatic heterocycles. The van der Waals surface area contributed by atoms with E-state index < -0.39 is 0 Å². The molecular weight excluding hydrogens is 486 g/mol. The number of aryl methyl sites for hydroxylation is 1. The zero-order chi connectivity index (χ0) is 19.9. The van der Waals surface area contributed by atoms with Gasteiger partial charge in [0.25, 0.3) is 5.91 Å². The Balaban J connectivity index is 1.57. The highest BCUT2D eigenvalue weighted by atomic mass is 79.9. The van der Waals surface area contributed by atoms with Crippen molar-refractivity contribution in [1.82, 2.24) is 10.4 Å². The Morgan fingerprint density at radius 3 is 2.39 bits per heavy atom. The van der Waals surface area contributed by atoms with Gasteiger partial charge in [0.05, 0.1) is 15.2 Å². The van der Waals surface area contributed by atoms with E-state index >= 15 is 0 Å². The van der Waals surface area contributed by atoms with Crippen LogP contribution in [0, 0.1) is 6.92 Å². The second-order valence-corrected chi connectivity index (χ2v) is 7.73. The molecule has 0 bridgehead atoms. The summed E-state index contributed by atoms with van der Waals surface area (Å²) in [4.78, 5) is 16.1. The molecule has 1 amide bonds. The number of carbonyl (C=O) groups excluding carboxylic acids is 1. The topological polar surface area (TPSA) is 63.6 Å². The number of nitrogens with zero attached hydrogens (tertiary/aromatic N) is 2. The quantitative estimate of drug-likeness (QED) is 0.369. The Kier molecular flexibility index (Phi) is 6.95. The minimum atomic E-state index is -0.276. The number of ether oxygens (including phenoxy) is 1. The third kappa shape index (κ3) is 5.50. The van der Waals surface area contributed by atoms with E-state index in [0.29, 0.717) is 12.2 Å². The number of nitrogens with one attached hydrogen (secondary N) is 1. The van der Waals surface area contributed by atoms with E-state index in [1.54, 1.807) is 42.9 Å². The molecule has 0 atom stereocenters. The third-order valence-electron chi connectivity index (χ3n) is 3.83. The Bertz CT molecular complexity index is 967. The van der Waals surface area contributed by atoms with Gasteiger partial charge in [-0.15, -0.1) is 0 Å². The lowest BCUT2D eigenvalue weighted by Gasteiger charge is -2.11. The van der Waals surface area contributed by atoms with Gasteiger partial charge in [-0.05, 0) is 91.9 Å². The highest BCUT2D eigenvalue weighted by Crippen LogP contribution is 2.35. The molecular formula is C21H17Br2N3O2. The molecule has 0 radical (unpaired) electrons. The average molecular weight is 503 g/mol. The lowest BCUT2D eigenvalue weighted by atomic mass is 10.1. The number of carbonyl (C=O) groups is 1. The van der Waals surface area contributed by atoms with Crippen molar-refractivity contribution in [3.63, 3.8) is 0 Å². The molecule has 2 aromatic carbocycles. The van der Waals surface area contributed by atoms with Crippen LogP contribution in [-0.4, -0.2) is 17.1 Å². The molecule has 3 aromatic rings. The van der Waals surface area contributed by atoms with E-state index in [2.05, 4.69) is 47.4 Å². The molecule has 0 aliphatic heterocycles. The minimum absolute atomic E-state index is 0.276. The Morgan fingerprint density at radius 1 is 1.11 bits per heavy atom. The van der Waals surface area contributed by atoms with Crippen LogP contribution in [0.2, 0.25) is 0 Å². The van der Waals surface area contributed by atoms with Crippen LogP contribution < -0.4 is 10.2 Å². The van der Waals surface area contributed by atoms with Gasteiger partial charge < -0.3 is 4.74 Å². The summed E-state index contributed by atoms with van der Waals surface area (Å²) in [5, 5.41) is 3.96. The Labute approximate surface area is 180 Å². The van der Waals surface area contributed by atoms with Crippen molar-refractivity contribution in [2.75, 3.05) is 0 Å². The molecule has 1 N–H and O–H groups in total. The lowest BCUT2D eigenvalue weighted by Crippen LogP contribution is -2.17. The Hall–Kier alpha value is -2.51. The summed E-state index contributed by atoms with van der Waals surface area (Å²) in [7, 11) is 0. The summed E-state index contributed by atoms with van der Waals surface area (Å²) >= 11 is 7.04. The first-order valence-electron chi connectivity index (χ1n) is 8.44.